The van der Waals surface area contributed by atoms with Gasteiger partial charge in [0.25, 0.3) is 0 Å². The van der Waals surface area contributed by atoms with Crippen LogP contribution in [0.5, 0.6) is 11.5 Å². The van der Waals surface area contributed by atoms with Crippen molar-refractivity contribution >= 4 is 72.6 Å². The van der Waals surface area contributed by atoms with Gasteiger partial charge in [-0.25, -0.2) is 0 Å². The van der Waals surface area contributed by atoms with Gasteiger partial charge < -0.3 is 14.2 Å². The van der Waals surface area contributed by atoms with E-state index in [1.165, 1.54) is 54.6 Å². The van der Waals surface area contributed by atoms with Crippen LogP contribution in [-0.2, 0) is 5.41 Å². The number of aromatic nitrogens is 1. The van der Waals surface area contributed by atoms with E-state index in [0.717, 1.165) is 67.5 Å². The number of para-hydroxylation sites is 3. The quantitative estimate of drug-likeness (QED) is 0.166. The van der Waals surface area contributed by atoms with Crippen molar-refractivity contribution in [2.45, 2.75) is 12.3 Å². The molecule has 2 heterocycles. The largest absolute Gasteiger partial charge is 0.457 e. The molecule has 0 unspecified atom stereocenters. The first-order valence-electron chi connectivity index (χ1n) is 22.4. The van der Waals surface area contributed by atoms with E-state index in [9.17, 15) is 0 Å². The summed E-state index contributed by atoms with van der Waals surface area (Å²) in [7, 11) is 0. The molecular weight excluding hydrogens is 789 g/mol. The van der Waals surface area contributed by atoms with E-state index < -0.39 is 5.41 Å². The molecule has 13 rings (SSSR count). The Hall–Kier alpha value is -8.40. The summed E-state index contributed by atoms with van der Waals surface area (Å²) in [5.41, 5.74) is 15.5. The first-order chi connectivity index (χ1) is 32.2. The number of ether oxygens (including phenoxy) is 1. The normalized spacial score (nSPS) is 13.2. The van der Waals surface area contributed by atoms with Crippen LogP contribution in [0.2, 0.25) is 0 Å². The van der Waals surface area contributed by atoms with E-state index in [4.69, 9.17) is 4.74 Å². The van der Waals surface area contributed by atoms with Crippen LogP contribution in [0.3, 0.4) is 0 Å². The van der Waals surface area contributed by atoms with Gasteiger partial charge in [-0.3, -0.25) is 0 Å². The van der Waals surface area contributed by atoms with E-state index in [-0.39, 0.29) is 0 Å². The van der Waals surface area contributed by atoms with E-state index >= 15 is 0 Å². The number of rotatable bonds is 6. The molecule has 3 heteroatoms. The van der Waals surface area contributed by atoms with Crippen molar-refractivity contribution < 1.29 is 4.74 Å². The topological polar surface area (TPSA) is 17.4 Å². The molecule has 0 saturated heterocycles. The van der Waals surface area contributed by atoms with E-state index in [1.54, 1.807) is 0 Å². The molecule has 0 radical (unpaired) electrons. The fourth-order valence-corrected chi connectivity index (χ4v) is 11.3. The summed E-state index contributed by atoms with van der Waals surface area (Å²) in [5, 5.41) is 7.26. The summed E-state index contributed by atoms with van der Waals surface area (Å²) in [4.78, 5) is 2.48. The van der Waals surface area contributed by atoms with Gasteiger partial charge in [0.1, 0.15) is 11.5 Å². The molecule has 2 aliphatic rings. The van der Waals surface area contributed by atoms with Gasteiger partial charge >= 0.3 is 0 Å². The first-order valence-corrected chi connectivity index (χ1v) is 22.4. The highest BCUT2D eigenvalue weighted by molar-refractivity contribution is 6.12. The fraction of sp³-hybridized carbons (Fsp3) is 0.0323. The molecule has 1 spiro atoms. The Labute approximate surface area is 378 Å². The summed E-state index contributed by atoms with van der Waals surface area (Å²) in [5.74, 6) is 1.76. The standard InChI is InChI=1S/C62H42N2O/c1-3-17-45-40(4-2)19-15-31-56(45)64-57-29-10-7-24-48(57)50-38-43(35-37-58(50)64)63(55-30-16-20-41-18-5-6-23-46(41)55)44-34-36-47-49-25-13-21-42-22-14-28-53(61(42)49)62(54(47)39-44)51-26-8-11-32-59(51)65-60-33-12-9-27-52(60)62/h3-39H,2H2,1H3/b17-3-. The number of fused-ring (bicyclic) bond motifs is 12. The van der Waals surface area contributed by atoms with E-state index in [2.05, 4.69) is 241 Å². The Morgan fingerprint density at radius 2 is 1.14 bits per heavy atom. The van der Waals surface area contributed by atoms with Gasteiger partial charge in [0.15, 0.2) is 0 Å². The predicted octanol–water partition coefficient (Wildman–Crippen LogP) is 16.7. The lowest BCUT2D eigenvalue weighted by Crippen LogP contribution is -2.36. The molecule has 0 saturated carbocycles. The van der Waals surface area contributed by atoms with Gasteiger partial charge in [0, 0.05) is 44.2 Å². The average Bonchev–Trinajstić information content (AvgIpc) is 3.69. The minimum Gasteiger partial charge on any atom is -0.457 e. The Kier molecular flexibility index (Phi) is 8.19. The molecular formula is C62H42N2O. The molecule has 0 fully saturated rings. The van der Waals surface area contributed by atoms with Crippen molar-refractivity contribution in [1.29, 1.82) is 0 Å². The van der Waals surface area contributed by atoms with Gasteiger partial charge in [-0.15, -0.1) is 0 Å². The maximum absolute atomic E-state index is 6.79. The highest BCUT2D eigenvalue weighted by Gasteiger charge is 2.49. The lowest BCUT2D eigenvalue weighted by Gasteiger charge is -2.45. The number of hydrogen-bond acceptors (Lipinski definition) is 2. The van der Waals surface area contributed by atoms with E-state index in [1.807, 2.05) is 6.08 Å². The smallest absolute Gasteiger partial charge is 0.132 e. The van der Waals surface area contributed by atoms with Crippen LogP contribution in [0, 0.1) is 0 Å². The van der Waals surface area contributed by atoms with E-state index in [0.29, 0.717) is 0 Å². The number of nitrogens with zero attached hydrogens (tertiary/aromatic N) is 2. The highest BCUT2D eigenvalue weighted by atomic mass is 16.5. The second-order valence-electron chi connectivity index (χ2n) is 17.2. The fourth-order valence-electron chi connectivity index (χ4n) is 11.3. The first kappa shape index (κ1) is 37.2. The molecule has 306 valence electrons. The summed E-state index contributed by atoms with van der Waals surface area (Å²) < 4.78 is 9.21. The Balaban J connectivity index is 1.12. The summed E-state index contributed by atoms with van der Waals surface area (Å²) in [6.07, 6.45) is 6.26. The molecule has 0 bridgehead atoms. The third-order valence-electron chi connectivity index (χ3n) is 13.9. The number of allylic oxidation sites excluding steroid dienone is 1. The maximum Gasteiger partial charge on any atom is 0.132 e. The summed E-state index contributed by atoms with van der Waals surface area (Å²) in [6.45, 7) is 6.25. The SMILES string of the molecule is C=Cc1cccc(-n2c3ccccc3c3cc(N(c4ccc5c(c4)C4(c6ccccc6Oc6ccccc64)c4cccc6cccc-5c46)c4cccc5ccccc45)ccc32)c1/C=C\C. The van der Waals surface area contributed by atoms with Crippen LogP contribution in [0.1, 0.15) is 40.3 Å². The number of benzene rings is 10. The number of hydrogen-bond donors (Lipinski definition) is 0. The van der Waals surface area contributed by atoms with Gasteiger partial charge in [0.2, 0.25) is 0 Å². The molecule has 11 aromatic rings. The highest BCUT2D eigenvalue weighted by Crippen LogP contribution is 2.62. The lowest BCUT2D eigenvalue weighted by molar-refractivity contribution is 0.435. The van der Waals surface area contributed by atoms with Crippen LogP contribution >= 0.6 is 0 Å². The third-order valence-corrected chi connectivity index (χ3v) is 13.9. The average molecular weight is 831 g/mol. The summed E-state index contributed by atoms with van der Waals surface area (Å²) >= 11 is 0. The molecule has 0 atom stereocenters. The summed E-state index contributed by atoms with van der Waals surface area (Å²) in [6, 6.07) is 75.7. The molecule has 10 aromatic carbocycles. The Bertz CT molecular complexity index is 3760. The van der Waals surface area contributed by atoms with Gasteiger partial charge in [-0.1, -0.05) is 170 Å². The van der Waals surface area contributed by atoms with Crippen molar-refractivity contribution in [3.05, 3.63) is 252 Å². The minimum absolute atomic E-state index is 0.670. The monoisotopic (exact) mass is 830 g/mol. The molecule has 1 aromatic heterocycles. The third kappa shape index (κ3) is 5.24. The van der Waals surface area contributed by atoms with Crippen molar-refractivity contribution in [3.8, 4) is 28.3 Å². The molecule has 65 heavy (non-hydrogen) atoms. The van der Waals surface area contributed by atoms with Crippen molar-refractivity contribution in [2.75, 3.05) is 4.90 Å². The molecule has 0 amide bonds. The zero-order valence-electron chi connectivity index (χ0n) is 35.9. The zero-order valence-corrected chi connectivity index (χ0v) is 35.9. The Morgan fingerprint density at radius 1 is 0.508 bits per heavy atom. The van der Waals surface area contributed by atoms with Crippen LogP contribution in [-0.4, -0.2) is 4.57 Å². The molecule has 3 nitrogen and oxygen atoms in total. The van der Waals surface area contributed by atoms with Crippen LogP contribution in [0.4, 0.5) is 17.1 Å². The van der Waals surface area contributed by atoms with Crippen molar-refractivity contribution in [3.63, 3.8) is 0 Å². The zero-order chi connectivity index (χ0) is 43.2. The Morgan fingerprint density at radius 3 is 1.95 bits per heavy atom. The van der Waals surface area contributed by atoms with Crippen LogP contribution in [0.25, 0.3) is 72.3 Å². The second kappa shape index (κ2) is 14.3. The minimum atomic E-state index is -0.670. The lowest BCUT2D eigenvalue weighted by atomic mass is 9.58. The predicted molar refractivity (Wildman–Crippen MR) is 273 cm³/mol. The maximum atomic E-state index is 6.79. The van der Waals surface area contributed by atoms with Gasteiger partial charge in [0.05, 0.1) is 27.8 Å². The van der Waals surface area contributed by atoms with Gasteiger partial charge in [-0.2, -0.15) is 0 Å². The molecule has 1 aliphatic carbocycles. The molecule has 1 aliphatic heterocycles. The van der Waals surface area contributed by atoms with Crippen molar-refractivity contribution in [2.24, 2.45) is 0 Å². The molecule has 0 N–H and O–H groups in total. The van der Waals surface area contributed by atoms with Crippen LogP contribution < -0.4 is 9.64 Å². The van der Waals surface area contributed by atoms with Crippen LogP contribution in [0.15, 0.2) is 219 Å². The van der Waals surface area contributed by atoms with Crippen molar-refractivity contribution in [1.82, 2.24) is 4.57 Å². The second-order valence-corrected chi connectivity index (χ2v) is 17.2. The number of anilines is 3. The van der Waals surface area contributed by atoms with Gasteiger partial charge in [-0.05, 0) is 112 Å².